The normalized spacial score (nSPS) is 19.6. The second kappa shape index (κ2) is 13.5. The molecule has 2 fully saturated rings. The predicted molar refractivity (Wildman–Crippen MR) is 162 cm³/mol. The third-order valence-corrected chi connectivity index (χ3v) is 8.48. The number of carbonyl (C=O) groups is 1. The number of likely N-dealkylation sites (tertiary alicyclic amines) is 1. The molecule has 2 aliphatic heterocycles. The number of piperidine rings is 1. The molecule has 1 aromatic carbocycles. The van der Waals surface area contributed by atoms with Gasteiger partial charge in [-0.25, -0.2) is 9.97 Å². The molecule has 10 heteroatoms. The van der Waals surface area contributed by atoms with E-state index < -0.39 is 0 Å². The van der Waals surface area contributed by atoms with Gasteiger partial charge in [0.25, 0.3) is 11.9 Å². The van der Waals surface area contributed by atoms with Gasteiger partial charge in [-0.05, 0) is 57.2 Å². The van der Waals surface area contributed by atoms with Crippen LogP contribution in [0.4, 0.5) is 0 Å². The molecular weight excluding hydrogens is 526 g/mol. The summed E-state index contributed by atoms with van der Waals surface area (Å²) in [6.45, 7) is 17.5. The van der Waals surface area contributed by atoms with E-state index in [0.717, 1.165) is 50.4 Å². The topological polar surface area (TPSA) is 94.2 Å². The number of rotatable bonds is 9. The average Bonchev–Trinajstić information content (AvgIpc) is 3.35. The van der Waals surface area contributed by atoms with E-state index in [2.05, 4.69) is 82.3 Å². The fourth-order valence-corrected chi connectivity index (χ4v) is 6.24. The van der Waals surface area contributed by atoms with Gasteiger partial charge in [0.2, 0.25) is 0 Å². The summed E-state index contributed by atoms with van der Waals surface area (Å²) in [5.41, 5.74) is 4.31. The molecule has 2 aliphatic rings. The van der Waals surface area contributed by atoms with Gasteiger partial charge in [0.05, 0.1) is 23.0 Å². The molecule has 10 nitrogen and oxygen atoms in total. The van der Waals surface area contributed by atoms with Crippen LogP contribution in [0.1, 0.15) is 65.1 Å². The van der Waals surface area contributed by atoms with E-state index in [0.29, 0.717) is 36.1 Å². The number of amides is 1. The summed E-state index contributed by atoms with van der Waals surface area (Å²) in [7, 11) is 0. The van der Waals surface area contributed by atoms with E-state index in [9.17, 15) is 4.79 Å². The van der Waals surface area contributed by atoms with Crippen LogP contribution in [0.3, 0.4) is 0 Å². The minimum Gasteiger partial charge on any atom is -0.352 e. The van der Waals surface area contributed by atoms with Gasteiger partial charge in [-0.3, -0.25) is 9.78 Å². The van der Waals surface area contributed by atoms with Crippen molar-refractivity contribution in [1.82, 2.24) is 35.0 Å². The molecule has 0 radical (unpaired) electrons. The number of pyridine rings is 1. The van der Waals surface area contributed by atoms with Crippen molar-refractivity contribution in [3.63, 3.8) is 0 Å². The Balaban J connectivity index is 1.23. The van der Waals surface area contributed by atoms with Crippen LogP contribution in [0.5, 0.6) is 0 Å². The van der Waals surface area contributed by atoms with Crippen molar-refractivity contribution in [2.24, 2.45) is 5.10 Å². The zero-order valence-corrected chi connectivity index (χ0v) is 24.6. The summed E-state index contributed by atoms with van der Waals surface area (Å²) in [5, 5.41) is 7.42. The molecule has 2 aromatic heterocycles. The molecule has 2 atom stereocenters. The first kappa shape index (κ1) is 29.1. The predicted octanol–water partition coefficient (Wildman–Crippen LogP) is 4.21. The molecule has 0 saturated carbocycles. The Morgan fingerprint density at radius 1 is 1.12 bits per heavy atom. The molecule has 0 bridgehead atoms. The van der Waals surface area contributed by atoms with Crippen molar-refractivity contribution in [3.05, 3.63) is 101 Å². The first-order valence-corrected chi connectivity index (χ1v) is 14.7. The maximum Gasteiger partial charge on any atom is 0.284 e. The molecule has 3 aromatic rings. The summed E-state index contributed by atoms with van der Waals surface area (Å²) in [6.07, 6.45) is 7.99. The fraction of sp³-hybridized carbons (Fsp3) is 0.438. The standard InChI is InChI=1S/C32H39N9O/c1-23(12-16-35-31(42)30-24(2)36-22-37-25(30)3)39-17-13-28(14-18-39)41-29(27-10-6-5-7-11-27)21-40(32(41)38-33-4)20-26-9-8-15-34-19-26/h5-11,15,19,22-23,28-29H,12-14,16-18,20-21H2,1-3H3,(H,35,42)/b38-32+/t23?,29-/m0/s1. The average molecular weight is 566 g/mol. The maximum absolute atomic E-state index is 12.8. The highest BCUT2D eigenvalue weighted by Crippen LogP contribution is 2.36. The van der Waals surface area contributed by atoms with Crippen molar-refractivity contribution < 1.29 is 4.79 Å². The third kappa shape index (κ3) is 6.58. The molecule has 1 N–H and O–H groups in total. The van der Waals surface area contributed by atoms with E-state index in [1.54, 1.807) is 6.20 Å². The lowest BCUT2D eigenvalue weighted by molar-refractivity contribution is 0.0929. The number of guanidine groups is 1. The summed E-state index contributed by atoms with van der Waals surface area (Å²) in [6, 6.07) is 15.3. The summed E-state index contributed by atoms with van der Waals surface area (Å²) < 4.78 is 0. The second-order valence-corrected chi connectivity index (χ2v) is 11.2. The van der Waals surface area contributed by atoms with Crippen molar-refractivity contribution in [2.45, 2.75) is 64.7 Å². The fourth-order valence-electron chi connectivity index (χ4n) is 6.24. The van der Waals surface area contributed by atoms with Crippen molar-refractivity contribution >= 4 is 11.9 Å². The number of nitrogens with one attached hydrogen (secondary N) is 1. The van der Waals surface area contributed by atoms with Gasteiger partial charge >= 0.3 is 0 Å². The van der Waals surface area contributed by atoms with Crippen LogP contribution in [-0.2, 0) is 6.54 Å². The van der Waals surface area contributed by atoms with Gasteiger partial charge in [0.1, 0.15) is 11.4 Å². The Labute approximate surface area is 248 Å². The number of hydrogen-bond acceptors (Lipinski definition) is 6. The van der Waals surface area contributed by atoms with Crippen LogP contribution in [0.25, 0.3) is 4.95 Å². The smallest absolute Gasteiger partial charge is 0.284 e. The minimum atomic E-state index is -0.111. The first-order valence-electron chi connectivity index (χ1n) is 14.7. The van der Waals surface area contributed by atoms with Crippen molar-refractivity contribution in [3.8, 4) is 0 Å². The van der Waals surface area contributed by atoms with E-state index in [4.69, 9.17) is 6.57 Å². The van der Waals surface area contributed by atoms with Gasteiger partial charge in [0, 0.05) is 57.2 Å². The molecule has 42 heavy (non-hydrogen) atoms. The Bertz CT molecular complexity index is 1390. The minimum absolute atomic E-state index is 0.111. The van der Waals surface area contributed by atoms with E-state index in [1.165, 1.54) is 11.9 Å². The molecule has 218 valence electrons. The van der Waals surface area contributed by atoms with E-state index >= 15 is 0 Å². The first-order chi connectivity index (χ1) is 20.5. The van der Waals surface area contributed by atoms with Crippen LogP contribution in [0, 0.1) is 20.4 Å². The van der Waals surface area contributed by atoms with Crippen LogP contribution >= 0.6 is 0 Å². The Hall–Kier alpha value is -4.36. The van der Waals surface area contributed by atoms with Crippen LogP contribution < -0.4 is 5.32 Å². The molecule has 5 rings (SSSR count). The molecule has 1 amide bonds. The highest BCUT2D eigenvalue weighted by Gasteiger charge is 2.43. The van der Waals surface area contributed by atoms with Crippen molar-refractivity contribution in [1.29, 1.82) is 0 Å². The zero-order chi connectivity index (χ0) is 29.5. The van der Waals surface area contributed by atoms with Crippen LogP contribution in [0.15, 0.2) is 66.3 Å². The van der Waals surface area contributed by atoms with E-state index in [-0.39, 0.29) is 18.0 Å². The zero-order valence-electron chi connectivity index (χ0n) is 24.6. The molecule has 2 saturated heterocycles. The van der Waals surface area contributed by atoms with Crippen molar-refractivity contribution in [2.75, 3.05) is 26.2 Å². The number of benzene rings is 1. The molecule has 4 heterocycles. The Morgan fingerprint density at radius 3 is 2.52 bits per heavy atom. The Kier molecular flexibility index (Phi) is 9.39. The monoisotopic (exact) mass is 565 g/mol. The highest BCUT2D eigenvalue weighted by atomic mass is 16.1. The number of aryl methyl sites for hydroxylation is 2. The molecular formula is C32H39N9O. The highest BCUT2D eigenvalue weighted by molar-refractivity contribution is 5.96. The molecule has 1 unspecified atom stereocenters. The van der Waals surface area contributed by atoms with Crippen LogP contribution in [0.2, 0.25) is 0 Å². The lowest BCUT2D eigenvalue weighted by Crippen LogP contribution is -2.50. The number of aromatic nitrogens is 3. The Morgan fingerprint density at radius 2 is 1.86 bits per heavy atom. The number of carbonyl (C=O) groups excluding carboxylic acids is 1. The lowest BCUT2D eigenvalue weighted by atomic mass is 9.98. The summed E-state index contributed by atoms with van der Waals surface area (Å²) in [5.74, 6) is 0.646. The third-order valence-electron chi connectivity index (χ3n) is 8.48. The molecule has 0 aliphatic carbocycles. The van der Waals surface area contributed by atoms with Gasteiger partial charge in [-0.2, -0.15) is 6.57 Å². The van der Waals surface area contributed by atoms with Gasteiger partial charge in [-0.15, -0.1) is 4.95 Å². The SMILES string of the molecule is [C-]#[N+]/N=C1\N(Cc2cccnc2)C[C@@H](c2ccccc2)N1C1CCN(C(C)CCNC(=O)c2c(C)ncnc2C)CC1. The maximum atomic E-state index is 12.8. The largest absolute Gasteiger partial charge is 0.352 e. The summed E-state index contributed by atoms with van der Waals surface area (Å²) in [4.78, 5) is 36.0. The lowest BCUT2D eigenvalue weighted by Gasteiger charge is -2.41. The van der Waals surface area contributed by atoms with Gasteiger partial charge in [-0.1, -0.05) is 36.4 Å². The number of nitrogens with zero attached hydrogens (tertiary/aromatic N) is 8. The second-order valence-electron chi connectivity index (χ2n) is 11.2. The van der Waals surface area contributed by atoms with Crippen LogP contribution in [-0.4, -0.2) is 79.8 Å². The molecule has 0 spiro atoms. The van der Waals surface area contributed by atoms with E-state index in [1.807, 2.05) is 32.2 Å². The number of hydrogen-bond donors (Lipinski definition) is 1. The summed E-state index contributed by atoms with van der Waals surface area (Å²) >= 11 is 0. The van der Waals surface area contributed by atoms with Gasteiger partial charge < -0.3 is 20.0 Å². The quantitative estimate of drug-likeness (QED) is 0.307. The van der Waals surface area contributed by atoms with Gasteiger partial charge in [0.15, 0.2) is 0 Å².